The Labute approximate surface area is 132 Å². The van der Waals surface area contributed by atoms with E-state index in [2.05, 4.69) is 10.3 Å². The number of nitrogens with one attached hydrogen (secondary N) is 1. The minimum atomic E-state index is -0.186. The number of benzene rings is 1. The smallest absolute Gasteiger partial charge is 0.244 e. The van der Waals surface area contributed by atoms with Crippen LogP contribution in [-0.2, 0) is 4.79 Å². The second-order valence-electron chi connectivity index (χ2n) is 4.87. The van der Waals surface area contributed by atoms with Crippen molar-refractivity contribution in [2.45, 2.75) is 13.0 Å². The molecule has 6 heteroatoms. The zero-order valence-corrected chi connectivity index (χ0v) is 12.9. The molecule has 114 valence electrons. The summed E-state index contributed by atoms with van der Waals surface area (Å²) in [5.41, 5.74) is 0.795. The molecule has 1 aliphatic rings. The first-order valence-corrected chi connectivity index (χ1v) is 7.85. The standard InChI is InChI=1S/C16H16N2O3S/c1-11-18-12(10-22-11)6-7-16(19)17-8-13-9-20-14-4-2-3-5-15(14)21-13/h2-7,10,13H,8-9H2,1H3,(H,17,19)/b7-6-/t13-/m0/s1. The molecule has 1 amide bonds. The van der Waals surface area contributed by atoms with Crippen LogP contribution in [-0.4, -0.2) is 30.1 Å². The van der Waals surface area contributed by atoms with Crippen LogP contribution in [0, 0.1) is 6.92 Å². The predicted octanol–water partition coefficient (Wildman–Crippen LogP) is 2.42. The van der Waals surface area contributed by atoms with Crippen LogP contribution in [0.5, 0.6) is 11.5 Å². The zero-order chi connectivity index (χ0) is 15.4. The van der Waals surface area contributed by atoms with E-state index in [1.54, 1.807) is 17.4 Å². The van der Waals surface area contributed by atoms with E-state index in [9.17, 15) is 4.79 Å². The normalized spacial score (nSPS) is 16.7. The molecule has 3 rings (SSSR count). The number of hydrogen-bond acceptors (Lipinski definition) is 5. The highest BCUT2D eigenvalue weighted by Crippen LogP contribution is 2.30. The van der Waals surface area contributed by atoms with Gasteiger partial charge in [-0.25, -0.2) is 4.98 Å². The van der Waals surface area contributed by atoms with Gasteiger partial charge in [0.25, 0.3) is 0 Å². The van der Waals surface area contributed by atoms with Gasteiger partial charge in [-0.05, 0) is 25.1 Å². The van der Waals surface area contributed by atoms with E-state index in [1.807, 2.05) is 36.6 Å². The summed E-state index contributed by atoms with van der Waals surface area (Å²) in [6.45, 7) is 2.75. The summed E-state index contributed by atoms with van der Waals surface area (Å²) >= 11 is 1.56. The van der Waals surface area contributed by atoms with Gasteiger partial charge in [-0.1, -0.05) is 12.1 Å². The van der Waals surface area contributed by atoms with Gasteiger partial charge in [0, 0.05) is 11.5 Å². The number of ether oxygens (including phenoxy) is 2. The van der Waals surface area contributed by atoms with Crippen molar-refractivity contribution in [3.05, 3.63) is 46.4 Å². The maximum atomic E-state index is 11.8. The summed E-state index contributed by atoms with van der Waals surface area (Å²) in [5.74, 6) is 1.28. The minimum Gasteiger partial charge on any atom is -0.486 e. The first-order chi connectivity index (χ1) is 10.7. The molecule has 0 spiro atoms. The second-order valence-corrected chi connectivity index (χ2v) is 5.93. The van der Waals surface area contributed by atoms with Gasteiger partial charge in [0.05, 0.1) is 17.2 Å². The lowest BCUT2D eigenvalue weighted by Crippen LogP contribution is -2.40. The Morgan fingerprint density at radius 2 is 2.27 bits per heavy atom. The molecule has 0 fully saturated rings. The Kier molecular flexibility index (Phi) is 4.39. The van der Waals surface area contributed by atoms with Crippen molar-refractivity contribution in [1.29, 1.82) is 0 Å². The number of para-hydroxylation sites is 2. The number of thiazole rings is 1. The fourth-order valence-corrected chi connectivity index (χ4v) is 2.64. The first kappa shape index (κ1) is 14.6. The number of amides is 1. The van der Waals surface area contributed by atoms with E-state index in [-0.39, 0.29) is 12.0 Å². The summed E-state index contributed by atoms with van der Waals surface area (Å²) in [7, 11) is 0. The van der Waals surface area contributed by atoms with Crippen molar-refractivity contribution in [1.82, 2.24) is 10.3 Å². The topological polar surface area (TPSA) is 60.5 Å². The highest BCUT2D eigenvalue weighted by atomic mass is 32.1. The molecule has 0 saturated carbocycles. The Balaban J connectivity index is 1.49. The molecule has 2 heterocycles. The van der Waals surface area contributed by atoms with E-state index in [4.69, 9.17) is 9.47 Å². The van der Waals surface area contributed by atoms with E-state index in [1.165, 1.54) is 6.08 Å². The third kappa shape index (κ3) is 3.65. The van der Waals surface area contributed by atoms with Crippen LogP contribution in [0.1, 0.15) is 10.7 Å². The van der Waals surface area contributed by atoms with Gasteiger partial charge in [-0.15, -0.1) is 11.3 Å². The lowest BCUT2D eigenvalue weighted by atomic mass is 10.2. The molecule has 2 aromatic rings. The van der Waals surface area contributed by atoms with Crippen LogP contribution in [0.2, 0.25) is 0 Å². The summed E-state index contributed by atoms with van der Waals surface area (Å²) < 4.78 is 11.4. The number of rotatable bonds is 4. The molecule has 1 aromatic heterocycles. The molecule has 22 heavy (non-hydrogen) atoms. The van der Waals surface area contributed by atoms with Crippen molar-refractivity contribution in [2.75, 3.05) is 13.2 Å². The number of nitrogens with zero attached hydrogens (tertiary/aromatic N) is 1. The molecule has 1 aromatic carbocycles. The quantitative estimate of drug-likeness (QED) is 0.880. The SMILES string of the molecule is Cc1nc(/C=C\C(=O)NC[C@H]2COc3ccccc3O2)cs1. The van der Waals surface area contributed by atoms with Gasteiger partial charge in [0.15, 0.2) is 11.5 Å². The number of fused-ring (bicyclic) bond motifs is 1. The second kappa shape index (κ2) is 6.62. The number of carbonyl (C=O) groups is 1. The average molecular weight is 316 g/mol. The highest BCUT2D eigenvalue weighted by Gasteiger charge is 2.20. The van der Waals surface area contributed by atoms with Crippen LogP contribution >= 0.6 is 11.3 Å². The molecular formula is C16H16N2O3S. The lowest BCUT2D eigenvalue weighted by molar-refractivity contribution is -0.116. The molecule has 0 bridgehead atoms. The van der Waals surface area contributed by atoms with Gasteiger partial charge in [-0.2, -0.15) is 0 Å². The van der Waals surface area contributed by atoms with Crippen LogP contribution < -0.4 is 14.8 Å². The van der Waals surface area contributed by atoms with Gasteiger partial charge in [0.2, 0.25) is 5.91 Å². The molecule has 0 radical (unpaired) electrons. The predicted molar refractivity (Wildman–Crippen MR) is 85.2 cm³/mol. The van der Waals surface area contributed by atoms with Crippen molar-refractivity contribution in [2.24, 2.45) is 0 Å². The Morgan fingerprint density at radius 1 is 1.45 bits per heavy atom. The van der Waals surface area contributed by atoms with Crippen LogP contribution in [0.15, 0.2) is 35.7 Å². The average Bonchev–Trinajstić information content (AvgIpc) is 2.96. The maximum absolute atomic E-state index is 11.8. The highest BCUT2D eigenvalue weighted by molar-refractivity contribution is 7.09. The number of hydrogen-bond donors (Lipinski definition) is 1. The Bertz CT molecular complexity index is 696. The third-order valence-corrected chi connectivity index (χ3v) is 3.91. The summed E-state index contributed by atoms with van der Waals surface area (Å²) in [4.78, 5) is 16.1. The van der Waals surface area contributed by atoms with E-state index < -0.39 is 0 Å². The van der Waals surface area contributed by atoms with Crippen molar-refractivity contribution in [3.8, 4) is 11.5 Å². The van der Waals surface area contributed by atoms with Crippen LogP contribution in [0.25, 0.3) is 6.08 Å². The summed E-state index contributed by atoms with van der Waals surface area (Å²) in [5, 5.41) is 5.69. The monoisotopic (exact) mass is 316 g/mol. The Hall–Kier alpha value is -2.34. The molecule has 0 saturated heterocycles. The largest absolute Gasteiger partial charge is 0.486 e. The first-order valence-electron chi connectivity index (χ1n) is 6.97. The fraction of sp³-hybridized carbons (Fsp3) is 0.250. The molecule has 0 unspecified atom stereocenters. The van der Waals surface area contributed by atoms with Gasteiger partial charge >= 0.3 is 0 Å². The maximum Gasteiger partial charge on any atom is 0.244 e. The van der Waals surface area contributed by atoms with E-state index in [0.717, 1.165) is 16.5 Å². The molecule has 1 aliphatic heterocycles. The summed E-state index contributed by atoms with van der Waals surface area (Å²) in [6.07, 6.45) is 2.99. The molecule has 1 N–H and O–H groups in total. The lowest BCUT2D eigenvalue weighted by Gasteiger charge is -2.26. The van der Waals surface area contributed by atoms with Crippen LogP contribution in [0.4, 0.5) is 0 Å². The number of carbonyl (C=O) groups excluding carboxylic acids is 1. The number of aromatic nitrogens is 1. The molecule has 1 atom stereocenters. The third-order valence-electron chi connectivity index (χ3n) is 3.11. The van der Waals surface area contributed by atoms with Crippen molar-refractivity contribution in [3.63, 3.8) is 0 Å². The Morgan fingerprint density at radius 3 is 3.05 bits per heavy atom. The van der Waals surface area contributed by atoms with Crippen molar-refractivity contribution < 1.29 is 14.3 Å². The van der Waals surface area contributed by atoms with Gasteiger partial charge in [0.1, 0.15) is 12.7 Å². The molecule has 5 nitrogen and oxygen atoms in total. The summed E-state index contributed by atoms with van der Waals surface area (Å²) in [6, 6.07) is 7.51. The van der Waals surface area contributed by atoms with Crippen LogP contribution in [0.3, 0.4) is 0 Å². The number of aryl methyl sites for hydroxylation is 1. The molecule has 0 aliphatic carbocycles. The van der Waals surface area contributed by atoms with E-state index in [0.29, 0.717) is 18.9 Å². The minimum absolute atomic E-state index is 0.173. The van der Waals surface area contributed by atoms with Crippen molar-refractivity contribution >= 4 is 23.3 Å². The van der Waals surface area contributed by atoms with E-state index >= 15 is 0 Å². The zero-order valence-electron chi connectivity index (χ0n) is 12.1. The molecular weight excluding hydrogens is 300 g/mol. The van der Waals surface area contributed by atoms with Gasteiger partial charge < -0.3 is 14.8 Å². The fourth-order valence-electron chi connectivity index (χ4n) is 2.05. The van der Waals surface area contributed by atoms with Gasteiger partial charge in [-0.3, -0.25) is 4.79 Å².